The van der Waals surface area contributed by atoms with Crippen LogP contribution in [0.4, 0.5) is 53.5 Å². The third kappa shape index (κ3) is 32.9. The molecule has 3 amide bonds. The number of carboxylic acids is 2. The summed E-state index contributed by atoms with van der Waals surface area (Å²) in [7, 11) is 2.43. The van der Waals surface area contributed by atoms with Gasteiger partial charge in [0.25, 0.3) is 6.47 Å². The Morgan fingerprint density at radius 1 is 0.633 bits per heavy atom. The Kier molecular flexibility index (Phi) is 40.8. The Balaban J connectivity index is 0. The van der Waals surface area contributed by atoms with Gasteiger partial charge >= 0.3 is 54.9 Å². The van der Waals surface area contributed by atoms with Crippen LogP contribution in [0.1, 0.15) is 162 Å². The maximum atomic E-state index is 13.4. The van der Waals surface area contributed by atoms with Crippen molar-refractivity contribution in [1.29, 1.82) is 0 Å². The normalized spacial score (nSPS) is 21.4. The summed E-state index contributed by atoms with van der Waals surface area (Å²) in [5, 5.41) is 37.0. The number of hydrogen-bond acceptors (Lipinski definition) is 17. The molecule has 0 spiro atoms. The molecule has 7 N–H and O–H groups in total. The average molecular weight is 1420 g/mol. The second-order valence-corrected chi connectivity index (χ2v) is 24.5. The van der Waals surface area contributed by atoms with Crippen LogP contribution >= 0.6 is 0 Å². The summed E-state index contributed by atoms with van der Waals surface area (Å²) >= 11 is 0. The second-order valence-electron chi connectivity index (χ2n) is 24.5. The van der Waals surface area contributed by atoms with Crippen LogP contribution in [-0.4, -0.2) is 166 Å². The van der Waals surface area contributed by atoms with Gasteiger partial charge in [0.15, 0.2) is 0 Å². The van der Waals surface area contributed by atoms with E-state index in [4.69, 9.17) is 51.9 Å². The Morgan fingerprint density at radius 3 is 1.32 bits per heavy atom. The van der Waals surface area contributed by atoms with Crippen molar-refractivity contribution in [2.24, 2.45) is 50.7 Å². The molecule has 550 valence electrons. The maximum Gasteiger partial charge on any atom is 1.00 e. The van der Waals surface area contributed by atoms with Crippen LogP contribution in [0.15, 0.2) is 45.7 Å². The van der Waals surface area contributed by atoms with Crippen LogP contribution in [0.3, 0.4) is 0 Å². The number of cyclic esters (lactones) is 1. The summed E-state index contributed by atoms with van der Waals surface area (Å²) in [6.07, 6.45) is -2.84. The van der Waals surface area contributed by atoms with E-state index in [9.17, 15) is 77.5 Å². The van der Waals surface area contributed by atoms with Gasteiger partial charge in [0, 0.05) is 78.9 Å². The van der Waals surface area contributed by atoms with Crippen molar-refractivity contribution in [2.45, 2.75) is 234 Å². The number of carbonyl (C=O) groups is 8. The summed E-state index contributed by atoms with van der Waals surface area (Å²) in [5.74, 6) is -19.8. The predicted molar refractivity (Wildman–Crippen MR) is 323 cm³/mol. The first-order valence-electron chi connectivity index (χ1n) is 30.2. The molecule has 28 nitrogen and oxygen atoms in total. The van der Waals surface area contributed by atoms with Crippen LogP contribution in [-0.2, 0) is 54.1 Å². The van der Waals surface area contributed by atoms with E-state index in [2.05, 4.69) is 44.9 Å². The van der Waals surface area contributed by atoms with Crippen LogP contribution in [0.25, 0.3) is 31.3 Å². The van der Waals surface area contributed by atoms with Gasteiger partial charge in [-0.1, -0.05) is 53.1 Å². The standard InChI is InChI=1S/C18H20F2N4O3.C13H21F2NO4.C9H13F2N3O2.C9H15F2NO2.C8H11F2N3O2.CH2O2.CH4.Li.H2O/c19-18(20)8-6-13(7-9-18)15(22-23-21)16(25)24-14(11-27-17(24)26)10-12-4-2-1-3-5-12;1-12(2,3)20-11(19)16-9(10(17)18)8-4-6-13(14,15)7-5-8;1-16-8(15)7(13-14-12)6-2-4-9(10,11)5-3-6;1-14-8(13)7(12)6-2-4-9(10,11)5-3-6;9-8(10)3-1-5(2-4-8)6(7(14)15)12-13-11;2-1-3;;;/h1-5,13-15H,6-11H2;8-9H,4-7H2,1-3H3,(H,16,19)(H,17,18);6-7H,2-5H2,1H3;6-7H,2-5,12H2,1H3;5-6H,1-4H2,(H,14,15);1H,(H,2,3);1H4;;1H2/q;;;;;;;+1;/p-1/t14-,15-;9-;2*7-;6-;;;;/m00000..../s1. The zero-order valence-electron chi connectivity index (χ0n) is 54.4. The van der Waals surface area contributed by atoms with Gasteiger partial charge in [0.2, 0.25) is 35.5 Å². The molecule has 98 heavy (non-hydrogen) atoms. The predicted octanol–water partition coefficient (Wildman–Crippen LogP) is 10.6. The van der Waals surface area contributed by atoms with Crippen molar-refractivity contribution in [3.05, 3.63) is 67.2 Å². The average Bonchev–Trinajstić information content (AvgIpc) is 1.57. The molecule has 0 radical (unpaired) electrons. The molecule has 39 heteroatoms. The fraction of sp³-hybridized carbons (Fsp3) is 0.763. The number of methoxy groups -OCH3 is 2. The molecule has 1 heterocycles. The minimum Gasteiger partial charge on any atom is -0.870 e. The molecular weight excluding hydrogens is 1330 g/mol. The SMILES string of the molecule is C.CC(C)(C)OC(=O)N[C@H](C(=O)O)C1CCC(F)(F)CC1.COC(=O)[C@@H](N)C1CCC(F)(F)CC1.COC(=O)[C@@H](N=[N+]=[N-])C1CCC(F)(F)CC1.O=CO.[Li+].[N-]=[N+]=N[C@H](C(=O)N1C(=O)OC[C@@H]1Cc1ccccc1)C1CCC(F)(F)CC1.[N-]=[N+]=N[C@H](C(=O)O)C1CCC(F)(F)CC1.[OH-]. The molecule has 1 aromatic carbocycles. The van der Waals surface area contributed by atoms with E-state index in [-0.39, 0.29) is 172 Å². The number of ether oxygens (including phenoxy) is 4. The molecule has 6 aliphatic rings. The first kappa shape index (κ1) is 92.6. The molecule has 1 aromatic rings. The van der Waals surface area contributed by atoms with Gasteiger partial charge < -0.3 is 50.8 Å². The third-order valence-electron chi connectivity index (χ3n) is 16.5. The molecule has 0 aromatic heterocycles. The number of nitrogens with one attached hydrogen (secondary N) is 1. The van der Waals surface area contributed by atoms with E-state index in [1.807, 2.05) is 30.3 Å². The minimum absolute atomic E-state index is 0. The van der Waals surface area contributed by atoms with Gasteiger partial charge in [0.1, 0.15) is 42.4 Å². The molecule has 5 aliphatic carbocycles. The van der Waals surface area contributed by atoms with Gasteiger partial charge in [0.05, 0.1) is 20.3 Å². The fourth-order valence-corrected chi connectivity index (χ4v) is 11.3. The Labute approximate surface area is 570 Å². The zero-order valence-corrected chi connectivity index (χ0v) is 54.4. The minimum atomic E-state index is -2.76. The molecule has 6 atom stereocenters. The number of alkyl carbamates (subject to hydrolysis) is 1. The van der Waals surface area contributed by atoms with Crippen molar-refractivity contribution >= 4 is 48.4 Å². The van der Waals surface area contributed by atoms with Crippen molar-refractivity contribution < 1.29 is 141 Å². The molecular formula is C59H87F10LiN12O16. The topological polar surface area (TPSA) is 452 Å². The molecule has 0 bridgehead atoms. The Hall–Kier alpha value is -7.47. The number of nitrogens with two attached hydrogens (primary N) is 1. The number of imide groups is 1. The van der Waals surface area contributed by atoms with E-state index in [0.29, 0.717) is 19.3 Å². The quantitative estimate of drug-likeness (QED) is 0.0150. The molecule has 5 saturated carbocycles. The van der Waals surface area contributed by atoms with E-state index >= 15 is 0 Å². The number of carboxylic acid groups (broad SMARTS) is 3. The number of alkyl halides is 10. The van der Waals surface area contributed by atoms with E-state index in [0.717, 1.165) is 10.5 Å². The Morgan fingerprint density at radius 2 is 0.969 bits per heavy atom. The smallest absolute Gasteiger partial charge is 0.870 e. The molecule has 1 aliphatic heterocycles. The summed E-state index contributed by atoms with van der Waals surface area (Å²) in [6, 6.07) is 3.46. The van der Waals surface area contributed by atoms with Crippen LogP contribution in [0.5, 0.6) is 0 Å². The van der Waals surface area contributed by atoms with Crippen LogP contribution in [0, 0.1) is 29.6 Å². The van der Waals surface area contributed by atoms with Gasteiger partial charge in [-0.2, -0.15) is 0 Å². The first-order valence-corrected chi connectivity index (χ1v) is 30.2. The molecule has 6 fully saturated rings. The number of nitrogens with zero attached hydrogens (tertiary/aromatic N) is 10. The number of hydrogen-bond donors (Lipinski definition) is 5. The molecule has 0 unspecified atom stereocenters. The Bertz CT molecular complexity index is 2810. The van der Waals surface area contributed by atoms with Crippen molar-refractivity contribution in [2.75, 3.05) is 20.8 Å². The van der Waals surface area contributed by atoms with Crippen LogP contribution < -0.4 is 29.9 Å². The fourth-order valence-electron chi connectivity index (χ4n) is 11.3. The molecule has 7 rings (SSSR count). The number of carbonyl (C=O) groups excluding carboxylic acids is 5. The largest absolute Gasteiger partial charge is 1.00 e. The number of azide groups is 3. The van der Waals surface area contributed by atoms with Gasteiger partial charge in [-0.15, -0.1) is 0 Å². The summed E-state index contributed by atoms with van der Waals surface area (Å²) in [4.78, 5) is 98.0. The number of halogens is 10. The number of amides is 3. The van der Waals surface area contributed by atoms with E-state index in [1.165, 1.54) is 14.2 Å². The number of benzene rings is 1. The third-order valence-corrected chi connectivity index (χ3v) is 16.5. The summed E-state index contributed by atoms with van der Waals surface area (Å²) in [5.41, 5.74) is 31.1. The van der Waals surface area contributed by atoms with E-state index in [1.54, 1.807) is 20.8 Å². The number of aliphatic carboxylic acids is 2. The van der Waals surface area contributed by atoms with Gasteiger partial charge in [-0.05, 0) is 143 Å². The number of esters is 2. The van der Waals surface area contributed by atoms with Crippen molar-refractivity contribution in [1.82, 2.24) is 10.2 Å². The second kappa shape index (κ2) is 43.1. The number of rotatable bonds is 16. The van der Waals surface area contributed by atoms with E-state index < -0.39 is 131 Å². The maximum absolute atomic E-state index is 13.4. The first-order chi connectivity index (χ1) is 44.2. The summed E-state index contributed by atoms with van der Waals surface area (Å²) in [6.45, 7) is 4.77. The zero-order chi connectivity index (χ0) is 72.1. The summed E-state index contributed by atoms with van der Waals surface area (Å²) < 4.78 is 149. The van der Waals surface area contributed by atoms with Crippen molar-refractivity contribution in [3.8, 4) is 0 Å². The monoisotopic (exact) mass is 1420 g/mol. The van der Waals surface area contributed by atoms with Gasteiger partial charge in [-0.3, -0.25) is 24.0 Å². The molecule has 1 saturated heterocycles. The van der Waals surface area contributed by atoms with Crippen molar-refractivity contribution in [3.63, 3.8) is 0 Å². The van der Waals surface area contributed by atoms with Gasteiger partial charge in [-0.25, -0.2) is 63.2 Å². The van der Waals surface area contributed by atoms with Crippen LogP contribution in [0.2, 0.25) is 0 Å².